The van der Waals surface area contributed by atoms with Crippen LogP contribution in [0.1, 0.15) is 23.5 Å². The molecule has 2 amide bonds. The molecule has 1 atom stereocenters. The topological polar surface area (TPSA) is 103 Å². The van der Waals surface area contributed by atoms with Gasteiger partial charge in [-0.3, -0.25) is 10.00 Å². The molecule has 3 N–H and O–H groups in total. The second kappa shape index (κ2) is 12.8. The number of nitrogens with one attached hydrogen (secondary N) is 1. The van der Waals surface area contributed by atoms with Crippen LogP contribution in [0.15, 0.2) is 54.9 Å². The van der Waals surface area contributed by atoms with Crippen LogP contribution < -0.4 is 11.1 Å². The Kier molecular flexibility index (Phi) is 9.22. The van der Waals surface area contributed by atoms with Gasteiger partial charge in [0, 0.05) is 44.6 Å². The molecule has 0 bridgehead atoms. The number of nitrogens with two attached hydrogens (primary N) is 1. The minimum atomic E-state index is -0.775. The molecule has 1 saturated heterocycles. The van der Waals surface area contributed by atoms with E-state index in [4.69, 9.17) is 10.5 Å². The third kappa shape index (κ3) is 6.88. The van der Waals surface area contributed by atoms with Crippen LogP contribution in [0, 0.1) is 24.4 Å². The van der Waals surface area contributed by atoms with E-state index in [-0.39, 0.29) is 0 Å². The molecule has 0 saturated carbocycles. The highest BCUT2D eigenvalue weighted by Crippen LogP contribution is 2.30. The number of carbonyl (C=O) groups is 1. The number of rotatable bonds is 7. The van der Waals surface area contributed by atoms with Crippen LogP contribution in [0.25, 0.3) is 16.9 Å². The Morgan fingerprint density at radius 3 is 2.62 bits per heavy atom. The van der Waals surface area contributed by atoms with E-state index in [1.54, 1.807) is 56.4 Å². The lowest BCUT2D eigenvalue weighted by Crippen LogP contribution is -2.24. The highest BCUT2D eigenvalue weighted by molar-refractivity contribution is 5.89. The second-order valence-electron chi connectivity index (χ2n) is 9.56. The summed E-state index contributed by atoms with van der Waals surface area (Å²) in [5, 5.41) is 11.1. The lowest BCUT2D eigenvalue weighted by Gasteiger charge is -2.15. The summed E-state index contributed by atoms with van der Waals surface area (Å²) < 4.78 is 47.6. The van der Waals surface area contributed by atoms with E-state index in [0.29, 0.717) is 35.3 Å². The van der Waals surface area contributed by atoms with Gasteiger partial charge in [-0.1, -0.05) is 12.1 Å². The van der Waals surface area contributed by atoms with E-state index in [1.165, 1.54) is 28.9 Å². The highest BCUT2D eigenvalue weighted by atomic mass is 19.2. The molecule has 12 heteroatoms. The molecule has 9 nitrogen and oxygen atoms in total. The molecular formula is C28H32F3N7O2. The molecule has 40 heavy (non-hydrogen) atoms. The maximum Gasteiger partial charge on any atom is 0.317 e. The largest absolute Gasteiger partial charge is 0.383 e. The van der Waals surface area contributed by atoms with Crippen LogP contribution in [0.4, 0.5) is 23.8 Å². The predicted octanol–water partition coefficient (Wildman–Crippen LogP) is 4.61. The minimum absolute atomic E-state index is 0.307. The normalized spacial score (nSPS) is 15.1. The number of aryl methyl sites for hydroxylation is 1. The van der Waals surface area contributed by atoms with E-state index in [2.05, 4.69) is 20.4 Å². The average molecular weight is 556 g/mol. The Bertz CT molecular complexity index is 1470. The van der Waals surface area contributed by atoms with Gasteiger partial charge >= 0.3 is 6.03 Å². The Hall–Kier alpha value is -4.16. The molecule has 3 heterocycles. The summed E-state index contributed by atoms with van der Waals surface area (Å²) in [6.07, 6.45) is 4.47. The lowest BCUT2D eigenvalue weighted by molar-refractivity contribution is 0.160. The van der Waals surface area contributed by atoms with Crippen molar-refractivity contribution < 1.29 is 22.7 Å². The maximum atomic E-state index is 13.5. The number of anilines is 1. The van der Waals surface area contributed by atoms with Gasteiger partial charge in [0.05, 0.1) is 18.5 Å². The molecule has 1 unspecified atom stereocenters. The van der Waals surface area contributed by atoms with Crippen molar-refractivity contribution in [3.05, 3.63) is 83.4 Å². The molecular weight excluding hydrogens is 523 g/mol. The predicted molar refractivity (Wildman–Crippen MR) is 146 cm³/mol. The van der Waals surface area contributed by atoms with Gasteiger partial charge in [0.1, 0.15) is 17.3 Å². The van der Waals surface area contributed by atoms with Crippen molar-refractivity contribution in [3.8, 4) is 16.9 Å². The average Bonchev–Trinajstić information content (AvgIpc) is 3.64. The highest BCUT2D eigenvalue weighted by Gasteiger charge is 2.24. The summed E-state index contributed by atoms with van der Waals surface area (Å²) in [7, 11) is 3.48. The number of carbonyl (C=O) groups excluding carboxylic acids is 1. The van der Waals surface area contributed by atoms with Crippen LogP contribution in [0.5, 0.6) is 0 Å². The number of primary amides is 1. The molecule has 212 valence electrons. The van der Waals surface area contributed by atoms with Gasteiger partial charge in [-0.25, -0.2) is 22.6 Å². The van der Waals surface area contributed by atoms with Gasteiger partial charge in [0.25, 0.3) is 0 Å². The summed E-state index contributed by atoms with van der Waals surface area (Å²) >= 11 is 0. The van der Waals surface area contributed by atoms with Gasteiger partial charge in [-0.05, 0) is 61.7 Å². The fourth-order valence-corrected chi connectivity index (χ4v) is 4.67. The molecule has 5 rings (SSSR count). The third-order valence-electron chi connectivity index (χ3n) is 6.69. The van der Waals surface area contributed by atoms with E-state index in [1.807, 2.05) is 0 Å². The Morgan fingerprint density at radius 2 is 1.98 bits per heavy atom. The Balaban J connectivity index is 0.000000194. The van der Waals surface area contributed by atoms with Gasteiger partial charge in [-0.15, -0.1) is 0 Å². The van der Waals surface area contributed by atoms with Gasteiger partial charge in [0.15, 0.2) is 11.6 Å². The van der Waals surface area contributed by atoms with E-state index < -0.39 is 23.5 Å². The first-order chi connectivity index (χ1) is 19.2. The van der Waals surface area contributed by atoms with Crippen molar-refractivity contribution in [1.82, 2.24) is 24.5 Å². The quantitative estimate of drug-likeness (QED) is 0.347. The van der Waals surface area contributed by atoms with Crippen LogP contribution in [-0.2, 0) is 11.8 Å². The van der Waals surface area contributed by atoms with Crippen LogP contribution >= 0.6 is 0 Å². The van der Waals surface area contributed by atoms with Gasteiger partial charge in [-0.2, -0.15) is 10.2 Å². The minimum Gasteiger partial charge on any atom is -0.383 e. The molecule has 1 fully saturated rings. The molecule has 2 aromatic heterocycles. The van der Waals surface area contributed by atoms with Crippen molar-refractivity contribution in [2.75, 3.05) is 38.7 Å². The first-order valence-electron chi connectivity index (χ1n) is 12.7. The number of halogens is 3. The molecule has 0 radical (unpaired) electrons. The second-order valence-corrected chi connectivity index (χ2v) is 9.56. The number of benzene rings is 2. The van der Waals surface area contributed by atoms with Crippen molar-refractivity contribution in [1.29, 1.82) is 0 Å². The molecule has 0 spiro atoms. The summed E-state index contributed by atoms with van der Waals surface area (Å²) in [6, 6.07) is 9.41. The number of aromatic nitrogens is 4. The smallest absolute Gasteiger partial charge is 0.317 e. The number of hydrogen-bond acceptors (Lipinski definition) is 5. The van der Waals surface area contributed by atoms with E-state index in [0.717, 1.165) is 37.2 Å². The number of urea groups is 1. The number of likely N-dealkylation sites (tertiary alicyclic amines) is 1. The zero-order valence-corrected chi connectivity index (χ0v) is 22.6. The van der Waals surface area contributed by atoms with Crippen LogP contribution in [0.2, 0.25) is 0 Å². The number of nitrogens with zero attached hydrogens (tertiary/aromatic N) is 5. The van der Waals surface area contributed by atoms with Crippen LogP contribution in [-0.4, -0.2) is 63.8 Å². The van der Waals surface area contributed by atoms with Crippen molar-refractivity contribution in [2.24, 2.45) is 12.8 Å². The molecule has 1 aliphatic heterocycles. The van der Waals surface area contributed by atoms with E-state index >= 15 is 0 Å². The Morgan fingerprint density at radius 1 is 1.18 bits per heavy atom. The first-order valence-corrected chi connectivity index (χ1v) is 12.7. The SMILES string of the molecule is COCCN1CCC(c2ccc(F)c(F)c2)C1.Cc1c(-c2cnn(C)c2)nn(-c2cccc(F)c2)c1NC(N)=O. The monoisotopic (exact) mass is 555 g/mol. The number of hydrogen-bond donors (Lipinski definition) is 2. The molecule has 0 aliphatic carbocycles. The lowest BCUT2D eigenvalue weighted by atomic mass is 9.98. The van der Waals surface area contributed by atoms with Crippen LogP contribution in [0.3, 0.4) is 0 Å². The van der Waals surface area contributed by atoms with Crippen molar-refractivity contribution in [2.45, 2.75) is 19.3 Å². The summed E-state index contributed by atoms with van der Waals surface area (Å²) in [5.41, 5.74) is 8.74. The Labute approximate surface area is 230 Å². The number of methoxy groups -OCH3 is 1. The number of amides is 2. The zero-order chi connectivity index (χ0) is 28.8. The van der Waals surface area contributed by atoms with E-state index in [9.17, 15) is 18.0 Å². The first kappa shape index (κ1) is 28.8. The molecule has 1 aliphatic rings. The fourth-order valence-electron chi connectivity index (χ4n) is 4.67. The van der Waals surface area contributed by atoms with Crippen molar-refractivity contribution >= 4 is 11.8 Å². The van der Waals surface area contributed by atoms with Gasteiger partial charge in [0.2, 0.25) is 0 Å². The fraction of sp³-hybridized carbons (Fsp3) is 0.321. The molecule has 4 aromatic rings. The summed E-state index contributed by atoms with van der Waals surface area (Å²) in [6.45, 7) is 5.30. The summed E-state index contributed by atoms with van der Waals surface area (Å²) in [4.78, 5) is 13.6. The van der Waals surface area contributed by atoms with Gasteiger partial charge < -0.3 is 15.4 Å². The maximum absolute atomic E-state index is 13.5. The standard InChI is InChI=1S/C15H15FN6O.C13H17F2NO/c1-9-13(10-7-18-21(2)8-10)20-22(14(9)19-15(17)23)12-5-3-4-11(16)6-12;1-17-7-6-16-5-4-11(9-16)10-2-3-12(14)13(15)8-10/h3-8H,1-2H3,(H3,17,19,23);2-3,8,11H,4-7,9H2,1H3. The zero-order valence-electron chi connectivity index (χ0n) is 22.6. The van der Waals surface area contributed by atoms with Crippen molar-refractivity contribution in [3.63, 3.8) is 0 Å². The summed E-state index contributed by atoms with van der Waals surface area (Å²) in [5.74, 6) is -1.23. The number of ether oxygens (including phenoxy) is 1. The third-order valence-corrected chi connectivity index (χ3v) is 6.69. The molecule has 2 aromatic carbocycles.